The molecule has 1 aromatic rings. The molecule has 2 heterocycles. The second-order valence-corrected chi connectivity index (χ2v) is 8.33. The Balaban J connectivity index is 2.05. The Labute approximate surface area is 129 Å². The van der Waals surface area contributed by atoms with E-state index in [1.54, 1.807) is 17.5 Å². The van der Waals surface area contributed by atoms with E-state index in [0.29, 0.717) is 32.4 Å². The second kappa shape index (κ2) is 6.87. The summed E-state index contributed by atoms with van der Waals surface area (Å²) < 4.78 is 26.7. The van der Waals surface area contributed by atoms with Crippen LogP contribution in [0.1, 0.15) is 26.2 Å². The Morgan fingerprint density at radius 2 is 2.38 bits per heavy atom. The number of rotatable bonds is 6. The topological polar surface area (TPSA) is 92.5 Å². The van der Waals surface area contributed by atoms with Gasteiger partial charge in [-0.3, -0.25) is 4.79 Å². The second-order valence-electron chi connectivity index (χ2n) is 5.26. The number of nitrogens with two attached hydrogens (primary N) is 1. The van der Waals surface area contributed by atoms with Gasteiger partial charge in [-0.2, -0.15) is 4.31 Å². The number of nitrogens with zero attached hydrogens (tertiary/aromatic N) is 1. The molecule has 2 atom stereocenters. The van der Waals surface area contributed by atoms with E-state index in [1.165, 1.54) is 15.6 Å². The largest absolute Gasteiger partial charge is 0.355 e. The van der Waals surface area contributed by atoms with Gasteiger partial charge in [-0.15, -0.1) is 11.3 Å². The molecule has 0 spiro atoms. The molecule has 1 aromatic heterocycles. The van der Waals surface area contributed by atoms with Crippen LogP contribution in [0, 0.1) is 0 Å². The highest BCUT2D eigenvalue weighted by Crippen LogP contribution is 2.28. The third-order valence-corrected chi connectivity index (χ3v) is 6.74. The Morgan fingerprint density at radius 1 is 1.62 bits per heavy atom. The van der Waals surface area contributed by atoms with Crippen molar-refractivity contribution in [3.63, 3.8) is 0 Å². The average molecular weight is 331 g/mol. The van der Waals surface area contributed by atoms with Crippen LogP contribution in [0.25, 0.3) is 0 Å². The fourth-order valence-corrected chi connectivity index (χ4v) is 5.13. The van der Waals surface area contributed by atoms with Gasteiger partial charge in [0.15, 0.2) is 0 Å². The van der Waals surface area contributed by atoms with Crippen LogP contribution in [-0.2, 0) is 14.8 Å². The Hall–Kier alpha value is -0.960. The fourth-order valence-electron chi connectivity index (χ4n) is 2.36. The van der Waals surface area contributed by atoms with Gasteiger partial charge >= 0.3 is 0 Å². The summed E-state index contributed by atoms with van der Waals surface area (Å²) in [7, 11) is -3.56. The van der Waals surface area contributed by atoms with Crippen molar-refractivity contribution in [1.29, 1.82) is 0 Å². The molecular weight excluding hydrogens is 310 g/mol. The minimum atomic E-state index is -3.56. The number of hydrogen-bond donors (Lipinski definition) is 2. The number of nitrogens with one attached hydrogen (secondary N) is 1. The van der Waals surface area contributed by atoms with E-state index in [-0.39, 0.29) is 16.2 Å². The van der Waals surface area contributed by atoms with Gasteiger partial charge in [-0.1, -0.05) is 6.07 Å². The molecule has 0 radical (unpaired) electrons. The molecule has 6 nitrogen and oxygen atoms in total. The molecule has 2 rings (SSSR count). The molecule has 2 unspecified atom stereocenters. The van der Waals surface area contributed by atoms with Gasteiger partial charge < -0.3 is 11.1 Å². The lowest BCUT2D eigenvalue weighted by molar-refractivity contribution is -0.124. The van der Waals surface area contributed by atoms with E-state index in [0.717, 1.165) is 0 Å². The van der Waals surface area contributed by atoms with Crippen molar-refractivity contribution in [3.05, 3.63) is 17.5 Å². The number of thiophene rings is 1. The van der Waals surface area contributed by atoms with Gasteiger partial charge in [0.25, 0.3) is 10.0 Å². The Morgan fingerprint density at radius 3 is 3.00 bits per heavy atom. The lowest BCUT2D eigenvalue weighted by Crippen LogP contribution is -2.46. The molecule has 1 amide bonds. The summed E-state index contributed by atoms with van der Waals surface area (Å²) in [5, 5.41) is 4.50. The highest BCUT2D eigenvalue weighted by molar-refractivity contribution is 7.91. The Bertz CT molecular complexity index is 569. The van der Waals surface area contributed by atoms with Gasteiger partial charge in [0, 0.05) is 19.1 Å². The SMILES string of the molecule is CC(N)CCNC(=O)C1CCCN1S(=O)(=O)c1cccs1. The Kier molecular flexibility index (Phi) is 5.37. The molecule has 1 aliphatic rings. The summed E-state index contributed by atoms with van der Waals surface area (Å²) in [6.07, 6.45) is 1.95. The van der Waals surface area contributed by atoms with Crippen molar-refractivity contribution in [2.45, 2.75) is 42.5 Å². The maximum absolute atomic E-state index is 12.5. The average Bonchev–Trinajstić information content (AvgIpc) is 3.10. The molecular formula is C13H21N3O3S2. The van der Waals surface area contributed by atoms with Gasteiger partial charge in [-0.25, -0.2) is 8.42 Å². The van der Waals surface area contributed by atoms with Crippen LogP contribution in [0.3, 0.4) is 0 Å². The number of hydrogen-bond acceptors (Lipinski definition) is 5. The summed E-state index contributed by atoms with van der Waals surface area (Å²) in [6, 6.07) is 2.68. The van der Waals surface area contributed by atoms with Crippen LogP contribution >= 0.6 is 11.3 Å². The van der Waals surface area contributed by atoms with Crippen LogP contribution in [0.2, 0.25) is 0 Å². The zero-order valence-electron chi connectivity index (χ0n) is 12.0. The maximum Gasteiger partial charge on any atom is 0.253 e. The summed E-state index contributed by atoms with van der Waals surface area (Å²) >= 11 is 1.17. The summed E-state index contributed by atoms with van der Waals surface area (Å²) in [5.41, 5.74) is 5.64. The van der Waals surface area contributed by atoms with Gasteiger partial charge in [-0.05, 0) is 37.6 Å². The van der Waals surface area contributed by atoms with Gasteiger partial charge in [0.05, 0.1) is 0 Å². The zero-order valence-corrected chi connectivity index (χ0v) is 13.6. The van der Waals surface area contributed by atoms with E-state index in [9.17, 15) is 13.2 Å². The van der Waals surface area contributed by atoms with Crippen molar-refractivity contribution in [2.75, 3.05) is 13.1 Å². The summed E-state index contributed by atoms with van der Waals surface area (Å²) in [5.74, 6) is -0.228. The van der Waals surface area contributed by atoms with Crippen LogP contribution in [0.15, 0.2) is 21.7 Å². The first-order valence-electron chi connectivity index (χ1n) is 7.01. The molecule has 0 aliphatic carbocycles. The van der Waals surface area contributed by atoms with Crippen molar-refractivity contribution >= 4 is 27.3 Å². The first kappa shape index (κ1) is 16.4. The highest BCUT2D eigenvalue weighted by Gasteiger charge is 2.39. The van der Waals surface area contributed by atoms with E-state index in [2.05, 4.69) is 5.32 Å². The smallest absolute Gasteiger partial charge is 0.253 e. The molecule has 3 N–H and O–H groups in total. The molecule has 21 heavy (non-hydrogen) atoms. The van der Waals surface area contributed by atoms with E-state index < -0.39 is 16.1 Å². The lowest BCUT2D eigenvalue weighted by Gasteiger charge is -2.22. The highest BCUT2D eigenvalue weighted by atomic mass is 32.2. The van der Waals surface area contributed by atoms with Crippen molar-refractivity contribution in [1.82, 2.24) is 9.62 Å². The number of amides is 1. The number of carbonyl (C=O) groups is 1. The molecule has 1 saturated heterocycles. The number of carbonyl (C=O) groups excluding carboxylic acids is 1. The molecule has 0 bridgehead atoms. The number of sulfonamides is 1. The lowest BCUT2D eigenvalue weighted by atomic mass is 10.2. The van der Waals surface area contributed by atoms with E-state index >= 15 is 0 Å². The minimum Gasteiger partial charge on any atom is -0.355 e. The zero-order chi connectivity index (χ0) is 15.5. The predicted octanol–water partition coefficient (Wildman–Crippen LogP) is 0.755. The molecule has 118 valence electrons. The maximum atomic E-state index is 12.5. The van der Waals surface area contributed by atoms with Crippen molar-refractivity contribution < 1.29 is 13.2 Å². The third-order valence-electron chi connectivity index (χ3n) is 3.46. The fraction of sp³-hybridized carbons (Fsp3) is 0.615. The molecule has 8 heteroatoms. The quantitative estimate of drug-likeness (QED) is 0.805. The monoisotopic (exact) mass is 331 g/mol. The molecule has 1 fully saturated rings. The van der Waals surface area contributed by atoms with Crippen LogP contribution in [0.5, 0.6) is 0 Å². The van der Waals surface area contributed by atoms with Crippen molar-refractivity contribution in [3.8, 4) is 0 Å². The first-order chi connectivity index (χ1) is 9.93. The minimum absolute atomic E-state index is 0.0137. The molecule has 0 aromatic carbocycles. The standard InChI is InChI=1S/C13H21N3O3S2/c1-10(14)6-7-15-13(17)11-4-2-8-16(11)21(18,19)12-5-3-9-20-12/h3,5,9-11H,2,4,6-8,14H2,1H3,(H,15,17). The third kappa shape index (κ3) is 3.82. The summed E-state index contributed by atoms with van der Waals surface area (Å²) in [4.78, 5) is 12.2. The van der Waals surface area contributed by atoms with Crippen molar-refractivity contribution in [2.24, 2.45) is 5.73 Å². The molecule has 0 saturated carbocycles. The van der Waals surface area contributed by atoms with Crippen LogP contribution in [0.4, 0.5) is 0 Å². The van der Waals surface area contributed by atoms with E-state index in [1.807, 2.05) is 6.92 Å². The van der Waals surface area contributed by atoms with E-state index in [4.69, 9.17) is 5.73 Å². The van der Waals surface area contributed by atoms with Gasteiger partial charge in [0.1, 0.15) is 10.3 Å². The van der Waals surface area contributed by atoms with Gasteiger partial charge in [0.2, 0.25) is 5.91 Å². The van der Waals surface area contributed by atoms with Crippen LogP contribution < -0.4 is 11.1 Å². The normalized spacial score (nSPS) is 21.3. The summed E-state index contributed by atoms with van der Waals surface area (Å²) in [6.45, 7) is 2.74. The molecule has 1 aliphatic heterocycles. The van der Waals surface area contributed by atoms with Crippen LogP contribution in [-0.4, -0.2) is 43.8 Å². The first-order valence-corrected chi connectivity index (χ1v) is 9.33. The predicted molar refractivity (Wildman–Crippen MR) is 82.5 cm³/mol.